The number of hydrogen-bond acceptors (Lipinski definition) is 5. The first kappa shape index (κ1) is 24.3. The highest BCUT2D eigenvalue weighted by Crippen LogP contribution is 2.28. The zero-order valence-corrected chi connectivity index (χ0v) is 19.6. The van der Waals surface area contributed by atoms with Crippen molar-refractivity contribution in [2.24, 2.45) is 0 Å². The SMILES string of the molecule is Cc1ccc(NS(=O)(=O)c2ccc(Cl)cc2)cc1S(=O)(=O)Nc1ccc(SC(F)F)cc1. The van der Waals surface area contributed by atoms with Gasteiger partial charge < -0.3 is 0 Å². The minimum Gasteiger partial charge on any atom is -0.280 e. The van der Waals surface area contributed by atoms with E-state index in [0.717, 1.165) is 0 Å². The molecule has 0 unspecified atom stereocenters. The standard InChI is InChI=1S/C20H17ClF2N2O4S3/c1-13-2-5-16(25-31(26,27)18-10-3-14(21)4-11-18)12-19(13)32(28,29)24-15-6-8-17(9-7-15)30-20(22)23/h2-12,20,24-25H,1H3. The molecule has 0 aromatic heterocycles. The summed E-state index contributed by atoms with van der Waals surface area (Å²) in [4.78, 5) is 0.115. The number of alkyl halides is 2. The summed E-state index contributed by atoms with van der Waals surface area (Å²) in [6.45, 7) is 1.56. The van der Waals surface area contributed by atoms with Crippen molar-refractivity contribution in [2.45, 2.75) is 27.4 Å². The third-order valence-electron chi connectivity index (χ3n) is 4.19. The van der Waals surface area contributed by atoms with Crippen LogP contribution in [0.15, 0.2) is 81.4 Å². The highest BCUT2D eigenvalue weighted by Gasteiger charge is 2.20. The second-order valence-corrected chi connectivity index (χ2v) is 11.4. The molecule has 0 radical (unpaired) electrons. The lowest BCUT2D eigenvalue weighted by Crippen LogP contribution is -2.16. The van der Waals surface area contributed by atoms with Crippen molar-refractivity contribution in [3.8, 4) is 0 Å². The number of rotatable bonds is 8. The Morgan fingerprint density at radius 1 is 0.812 bits per heavy atom. The Morgan fingerprint density at radius 2 is 1.38 bits per heavy atom. The van der Waals surface area contributed by atoms with Gasteiger partial charge in [-0.2, -0.15) is 8.78 Å². The average molecular weight is 519 g/mol. The van der Waals surface area contributed by atoms with Crippen molar-refractivity contribution in [1.82, 2.24) is 0 Å². The average Bonchev–Trinajstić information content (AvgIpc) is 2.70. The van der Waals surface area contributed by atoms with Crippen LogP contribution in [0, 0.1) is 6.92 Å². The van der Waals surface area contributed by atoms with Crippen LogP contribution in [0.25, 0.3) is 0 Å². The number of hydrogen-bond donors (Lipinski definition) is 2. The van der Waals surface area contributed by atoms with E-state index in [1.165, 1.54) is 66.7 Å². The lowest BCUT2D eigenvalue weighted by molar-refractivity contribution is 0.252. The van der Waals surface area contributed by atoms with E-state index in [4.69, 9.17) is 11.6 Å². The van der Waals surface area contributed by atoms with Crippen molar-refractivity contribution in [2.75, 3.05) is 9.44 Å². The molecule has 0 heterocycles. The van der Waals surface area contributed by atoms with Gasteiger partial charge in [-0.05, 0) is 73.2 Å². The molecular formula is C20H17ClF2N2O4S3. The first-order valence-electron chi connectivity index (χ1n) is 8.93. The molecule has 0 saturated heterocycles. The molecule has 3 aromatic rings. The molecule has 0 saturated carbocycles. The monoisotopic (exact) mass is 518 g/mol. The number of halogens is 3. The van der Waals surface area contributed by atoms with Crippen molar-refractivity contribution >= 4 is 54.8 Å². The van der Waals surface area contributed by atoms with Crippen LogP contribution >= 0.6 is 23.4 Å². The summed E-state index contributed by atoms with van der Waals surface area (Å²) in [5.41, 5.74) is 0.613. The number of anilines is 2. The Bertz CT molecular complexity index is 1320. The number of benzene rings is 3. The highest BCUT2D eigenvalue weighted by molar-refractivity contribution is 7.99. The predicted molar refractivity (Wildman–Crippen MR) is 123 cm³/mol. The van der Waals surface area contributed by atoms with Gasteiger partial charge in [-0.3, -0.25) is 9.44 Å². The first-order chi connectivity index (χ1) is 15.0. The van der Waals surface area contributed by atoms with Crippen LogP contribution in [0.2, 0.25) is 5.02 Å². The third kappa shape index (κ3) is 6.12. The smallest absolute Gasteiger partial charge is 0.280 e. The van der Waals surface area contributed by atoms with E-state index < -0.39 is 25.8 Å². The lowest BCUT2D eigenvalue weighted by Gasteiger charge is -2.14. The maximum atomic E-state index is 12.9. The maximum Gasteiger partial charge on any atom is 0.288 e. The predicted octanol–water partition coefficient (Wildman–Crippen LogP) is 5.56. The minimum absolute atomic E-state index is 0.0354. The lowest BCUT2D eigenvalue weighted by atomic mass is 10.2. The Balaban J connectivity index is 1.84. The van der Waals surface area contributed by atoms with Crippen molar-refractivity contribution < 1.29 is 25.6 Å². The summed E-state index contributed by atoms with van der Waals surface area (Å²) in [5, 5.41) is 0.375. The Hall–Kier alpha value is -2.34. The molecule has 0 fully saturated rings. The molecule has 6 nitrogen and oxygen atoms in total. The summed E-state index contributed by atoms with van der Waals surface area (Å²) < 4.78 is 80.5. The van der Waals surface area contributed by atoms with Gasteiger partial charge >= 0.3 is 0 Å². The molecule has 12 heteroatoms. The zero-order valence-electron chi connectivity index (χ0n) is 16.4. The van der Waals surface area contributed by atoms with Gasteiger partial charge in [-0.1, -0.05) is 29.4 Å². The summed E-state index contributed by atoms with van der Waals surface area (Å²) in [6, 6.07) is 15.1. The van der Waals surface area contributed by atoms with E-state index in [-0.39, 0.29) is 26.1 Å². The molecule has 0 amide bonds. The maximum absolute atomic E-state index is 12.9. The Morgan fingerprint density at radius 3 is 1.97 bits per heavy atom. The highest BCUT2D eigenvalue weighted by atomic mass is 35.5. The molecule has 3 aromatic carbocycles. The third-order valence-corrected chi connectivity index (χ3v) is 8.08. The van der Waals surface area contributed by atoms with E-state index in [0.29, 0.717) is 22.3 Å². The van der Waals surface area contributed by atoms with Crippen LogP contribution in [0.3, 0.4) is 0 Å². The molecule has 2 N–H and O–H groups in total. The van der Waals surface area contributed by atoms with Crippen LogP contribution in [0.5, 0.6) is 0 Å². The van der Waals surface area contributed by atoms with E-state index in [1.54, 1.807) is 6.92 Å². The van der Waals surface area contributed by atoms with Crippen LogP contribution in [0.1, 0.15) is 5.56 Å². The molecule has 32 heavy (non-hydrogen) atoms. The van der Waals surface area contributed by atoms with Gasteiger partial charge in [-0.25, -0.2) is 16.8 Å². The number of nitrogens with one attached hydrogen (secondary N) is 2. The van der Waals surface area contributed by atoms with Crippen LogP contribution < -0.4 is 9.44 Å². The fraction of sp³-hybridized carbons (Fsp3) is 0.100. The van der Waals surface area contributed by atoms with Gasteiger partial charge in [0, 0.05) is 15.6 Å². The summed E-state index contributed by atoms with van der Waals surface area (Å²) >= 11 is 6.13. The second kappa shape index (κ2) is 9.65. The van der Waals surface area contributed by atoms with Crippen molar-refractivity contribution in [3.63, 3.8) is 0 Å². The van der Waals surface area contributed by atoms with Gasteiger partial charge in [0.15, 0.2) is 0 Å². The van der Waals surface area contributed by atoms with E-state index in [9.17, 15) is 25.6 Å². The van der Waals surface area contributed by atoms with E-state index in [2.05, 4.69) is 9.44 Å². The van der Waals surface area contributed by atoms with Crippen LogP contribution in [0.4, 0.5) is 20.2 Å². The van der Waals surface area contributed by atoms with Crippen LogP contribution in [-0.4, -0.2) is 22.6 Å². The second-order valence-electron chi connectivity index (χ2n) is 6.55. The number of aryl methyl sites for hydroxylation is 1. The normalized spacial score (nSPS) is 12.0. The largest absolute Gasteiger partial charge is 0.288 e. The van der Waals surface area contributed by atoms with Gasteiger partial charge in [-0.15, -0.1) is 0 Å². The summed E-state index contributed by atoms with van der Waals surface area (Å²) in [6.07, 6.45) is 0. The fourth-order valence-electron chi connectivity index (χ4n) is 2.70. The molecule has 3 rings (SSSR count). The molecule has 0 aliphatic carbocycles. The van der Waals surface area contributed by atoms with E-state index >= 15 is 0 Å². The molecule has 0 atom stereocenters. The quantitative estimate of drug-likeness (QED) is 0.381. The van der Waals surface area contributed by atoms with Crippen molar-refractivity contribution in [3.05, 3.63) is 77.3 Å². The summed E-state index contributed by atoms with van der Waals surface area (Å²) in [7, 11) is -8.05. The number of sulfonamides is 2. The zero-order chi connectivity index (χ0) is 23.5. The molecule has 170 valence electrons. The van der Waals surface area contributed by atoms with Crippen LogP contribution in [-0.2, 0) is 20.0 Å². The van der Waals surface area contributed by atoms with Crippen molar-refractivity contribution in [1.29, 1.82) is 0 Å². The molecule has 0 spiro atoms. The Kier molecular flexibility index (Phi) is 7.33. The number of thioether (sulfide) groups is 1. The Labute approximate surface area is 194 Å². The first-order valence-corrected chi connectivity index (χ1v) is 13.2. The molecule has 0 bridgehead atoms. The molecular weight excluding hydrogens is 502 g/mol. The molecule has 0 aliphatic rings. The van der Waals surface area contributed by atoms with E-state index in [1.807, 2.05) is 0 Å². The van der Waals surface area contributed by atoms with Gasteiger partial charge in [0.2, 0.25) is 0 Å². The minimum atomic E-state index is -4.09. The molecule has 0 aliphatic heterocycles. The summed E-state index contributed by atoms with van der Waals surface area (Å²) in [5.74, 6) is -2.58. The topological polar surface area (TPSA) is 92.3 Å². The van der Waals surface area contributed by atoms with Gasteiger partial charge in [0.05, 0.1) is 15.5 Å². The van der Waals surface area contributed by atoms with Gasteiger partial charge in [0.25, 0.3) is 25.8 Å². The van der Waals surface area contributed by atoms with Gasteiger partial charge in [0.1, 0.15) is 0 Å². The fourth-order valence-corrected chi connectivity index (χ4v) is 5.70.